The maximum Gasteiger partial charge on any atom is 0.573 e. The predicted molar refractivity (Wildman–Crippen MR) is 109 cm³/mol. The van der Waals surface area contributed by atoms with Gasteiger partial charge in [-0.1, -0.05) is 30.3 Å². The van der Waals surface area contributed by atoms with Crippen LogP contribution in [-0.2, 0) is 9.84 Å². The van der Waals surface area contributed by atoms with E-state index in [2.05, 4.69) is 15.0 Å². The fourth-order valence-corrected chi connectivity index (χ4v) is 3.66. The van der Waals surface area contributed by atoms with Crippen molar-refractivity contribution < 1.29 is 30.7 Å². The van der Waals surface area contributed by atoms with Crippen LogP contribution in [0.15, 0.2) is 76.0 Å². The highest BCUT2D eigenvalue weighted by atomic mass is 32.2. The molecule has 0 atom stereocenters. The molecule has 0 fully saturated rings. The molecule has 1 aromatic heterocycles. The molecule has 4 rings (SSSR count). The van der Waals surface area contributed by atoms with Crippen LogP contribution in [0.2, 0.25) is 0 Å². The Morgan fingerprint density at radius 2 is 1.71 bits per heavy atom. The van der Waals surface area contributed by atoms with E-state index in [4.69, 9.17) is 4.42 Å². The molecule has 0 unspecified atom stereocenters. The predicted octanol–water partition coefficient (Wildman–Crippen LogP) is 5.54. The van der Waals surface area contributed by atoms with Gasteiger partial charge in [0.25, 0.3) is 6.01 Å². The Bertz CT molecular complexity index is 1350. The number of nitrogens with one attached hydrogen (secondary N) is 1. The number of nitrogens with zero attached hydrogens (tertiary/aromatic N) is 1. The van der Waals surface area contributed by atoms with E-state index in [1.54, 1.807) is 30.3 Å². The van der Waals surface area contributed by atoms with Crippen molar-refractivity contribution in [3.63, 3.8) is 0 Å². The molecule has 0 radical (unpaired) electrons. The van der Waals surface area contributed by atoms with Gasteiger partial charge in [-0.05, 0) is 42.0 Å². The summed E-state index contributed by atoms with van der Waals surface area (Å²) in [4.78, 5) is 4.50. The molecule has 3 aromatic carbocycles. The second-order valence-electron chi connectivity index (χ2n) is 6.67. The average molecular weight is 448 g/mol. The minimum Gasteiger partial charge on any atom is -0.423 e. The quantitative estimate of drug-likeness (QED) is 0.432. The zero-order chi connectivity index (χ0) is 22.2. The summed E-state index contributed by atoms with van der Waals surface area (Å²) in [7, 11) is -3.37. The summed E-state index contributed by atoms with van der Waals surface area (Å²) in [6, 6.07) is 17.0. The summed E-state index contributed by atoms with van der Waals surface area (Å²) in [5.74, 6) is -0.325. The van der Waals surface area contributed by atoms with Gasteiger partial charge in [0.1, 0.15) is 11.3 Å². The van der Waals surface area contributed by atoms with E-state index in [0.717, 1.165) is 6.26 Å². The number of para-hydroxylation sites is 1. The summed E-state index contributed by atoms with van der Waals surface area (Å²) in [6.45, 7) is 0. The van der Waals surface area contributed by atoms with E-state index in [9.17, 15) is 21.6 Å². The third-order valence-electron chi connectivity index (χ3n) is 4.33. The molecule has 0 saturated heterocycles. The van der Waals surface area contributed by atoms with Crippen molar-refractivity contribution in [1.82, 2.24) is 4.98 Å². The summed E-state index contributed by atoms with van der Waals surface area (Å²) in [5.41, 5.74) is 2.66. The van der Waals surface area contributed by atoms with Crippen LogP contribution in [0, 0.1) is 0 Å². The Labute approximate surface area is 175 Å². The number of fused-ring (bicyclic) bond motifs is 1. The second kappa shape index (κ2) is 7.62. The number of halogens is 3. The van der Waals surface area contributed by atoms with E-state index in [1.165, 1.54) is 36.4 Å². The Morgan fingerprint density at radius 3 is 2.39 bits per heavy atom. The third kappa shape index (κ3) is 4.80. The minimum absolute atomic E-state index is 0.144. The lowest BCUT2D eigenvalue weighted by atomic mass is 10.0. The highest BCUT2D eigenvalue weighted by Gasteiger charge is 2.31. The van der Waals surface area contributed by atoms with E-state index in [1.807, 2.05) is 0 Å². The molecule has 6 nitrogen and oxygen atoms in total. The summed E-state index contributed by atoms with van der Waals surface area (Å²) < 4.78 is 70.3. The van der Waals surface area contributed by atoms with Crippen LogP contribution in [0.5, 0.6) is 5.75 Å². The van der Waals surface area contributed by atoms with Crippen LogP contribution >= 0.6 is 0 Å². The molecule has 160 valence electrons. The first-order chi connectivity index (χ1) is 14.6. The molecule has 1 N–H and O–H groups in total. The molecule has 0 amide bonds. The van der Waals surface area contributed by atoms with Crippen LogP contribution in [0.25, 0.3) is 22.2 Å². The molecule has 1 heterocycles. The van der Waals surface area contributed by atoms with Crippen molar-refractivity contribution in [2.45, 2.75) is 11.3 Å². The molecule has 0 aliphatic carbocycles. The fraction of sp³-hybridized carbons (Fsp3) is 0.0952. The van der Waals surface area contributed by atoms with E-state index in [0.29, 0.717) is 27.9 Å². The largest absolute Gasteiger partial charge is 0.573 e. The van der Waals surface area contributed by atoms with Gasteiger partial charge in [0, 0.05) is 17.5 Å². The molecule has 0 aliphatic rings. The van der Waals surface area contributed by atoms with Crippen LogP contribution in [0.1, 0.15) is 0 Å². The Morgan fingerprint density at radius 1 is 1.00 bits per heavy atom. The molecular weight excluding hydrogens is 433 g/mol. The molecule has 0 spiro atoms. The van der Waals surface area contributed by atoms with Crippen molar-refractivity contribution in [2.24, 2.45) is 0 Å². The molecule has 4 aromatic rings. The smallest absolute Gasteiger partial charge is 0.423 e. The van der Waals surface area contributed by atoms with Gasteiger partial charge in [0.15, 0.2) is 15.4 Å². The zero-order valence-electron chi connectivity index (χ0n) is 16.0. The lowest BCUT2D eigenvalue weighted by molar-refractivity contribution is -0.274. The number of oxazole rings is 1. The standard InChI is InChI=1S/C21H15F3N2O4S/c1-31(27,28)16-5-2-4-14(12-16)25-20-26-18-7-3-6-17(19(18)29-20)13-8-10-15(11-9-13)30-21(22,23)24/h2-12H,1H3,(H,25,26). The van der Waals surface area contributed by atoms with Crippen LogP contribution in [0.3, 0.4) is 0 Å². The lowest BCUT2D eigenvalue weighted by Crippen LogP contribution is -2.16. The molecule has 10 heteroatoms. The number of alkyl halides is 3. The van der Waals surface area contributed by atoms with Crippen molar-refractivity contribution in [3.05, 3.63) is 66.7 Å². The number of hydrogen-bond donors (Lipinski definition) is 1. The lowest BCUT2D eigenvalue weighted by Gasteiger charge is -2.09. The number of ether oxygens (including phenoxy) is 1. The molecule has 31 heavy (non-hydrogen) atoms. The summed E-state index contributed by atoms with van der Waals surface area (Å²) >= 11 is 0. The van der Waals surface area contributed by atoms with Crippen molar-refractivity contribution in [3.8, 4) is 16.9 Å². The van der Waals surface area contributed by atoms with Gasteiger partial charge in [0.05, 0.1) is 4.90 Å². The first-order valence-electron chi connectivity index (χ1n) is 8.91. The Kier molecular flexibility index (Phi) is 5.10. The number of benzene rings is 3. The summed E-state index contributed by atoms with van der Waals surface area (Å²) in [5, 5.41) is 2.93. The summed E-state index contributed by atoms with van der Waals surface area (Å²) in [6.07, 6.45) is -3.65. The van der Waals surface area contributed by atoms with Gasteiger partial charge in [-0.25, -0.2) is 8.42 Å². The van der Waals surface area contributed by atoms with Gasteiger partial charge < -0.3 is 14.5 Å². The minimum atomic E-state index is -4.76. The maximum absolute atomic E-state index is 12.4. The first-order valence-corrected chi connectivity index (χ1v) is 10.8. The monoisotopic (exact) mass is 448 g/mol. The molecular formula is C21H15F3N2O4S. The average Bonchev–Trinajstić information content (AvgIpc) is 3.09. The first kappa shape index (κ1) is 20.7. The highest BCUT2D eigenvalue weighted by molar-refractivity contribution is 7.90. The van der Waals surface area contributed by atoms with Crippen molar-refractivity contribution in [2.75, 3.05) is 11.6 Å². The Hall–Kier alpha value is -3.53. The van der Waals surface area contributed by atoms with Gasteiger partial charge in [0.2, 0.25) is 0 Å². The van der Waals surface area contributed by atoms with E-state index >= 15 is 0 Å². The highest BCUT2D eigenvalue weighted by Crippen LogP contribution is 2.33. The maximum atomic E-state index is 12.4. The normalized spacial score (nSPS) is 12.1. The van der Waals surface area contributed by atoms with Crippen LogP contribution in [0.4, 0.5) is 24.9 Å². The Balaban J connectivity index is 1.65. The number of anilines is 2. The van der Waals surface area contributed by atoms with Crippen molar-refractivity contribution in [1.29, 1.82) is 0 Å². The number of sulfone groups is 1. The number of rotatable bonds is 5. The van der Waals surface area contributed by atoms with Crippen LogP contribution in [-0.4, -0.2) is 26.0 Å². The fourth-order valence-electron chi connectivity index (χ4n) is 2.99. The van der Waals surface area contributed by atoms with Crippen molar-refractivity contribution >= 4 is 32.6 Å². The van der Waals surface area contributed by atoms with Gasteiger partial charge in [-0.2, -0.15) is 4.98 Å². The number of hydrogen-bond acceptors (Lipinski definition) is 6. The zero-order valence-corrected chi connectivity index (χ0v) is 16.8. The second-order valence-corrected chi connectivity index (χ2v) is 8.69. The van der Waals surface area contributed by atoms with Gasteiger partial charge in [-0.15, -0.1) is 13.2 Å². The molecule has 0 saturated carbocycles. The van der Waals surface area contributed by atoms with Crippen LogP contribution < -0.4 is 10.1 Å². The van der Waals surface area contributed by atoms with E-state index < -0.39 is 16.2 Å². The van der Waals surface area contributed by atoms with E-state index in [-0.39, 0.29) is 16.7 Å². The molecule has 0 bridgehead atoms. The van der Waals surface area contributed by atoms with Gasteiger partial charge in [-0.3, -0.25) is 0 Å². The van der Waals surface area contributed by atoms with Gasteiger partial charge >= 0.3 is 6.36 Å². The SMILES string of the molecule is CS(=O)(=O)c1cccc(Nc2nc3cccc(-c4ccc(OC(F)(F)F)cc4)c3o2)c1. The number of aromatic nitrogens is 1. The third-order valence-corrected chi connectivity index (χ3v) is 5.44. The molecule has 0 aliphatic heterocycles. The topological polar surface area (TPSA) is 81.4 Å².